The van der Waals surface area contributed by atoms with E-state index >= 15 is 0 Å². The highest BCUT2D eigenvalue weighted by atomic mass is 16.5. The second-order valence-electron chi connectivity index (χ2n) is 8.51. The zero-order valence-corrected chi connectivity index (χ0v) is 16.9. The molecular formula is C21H34N2O3. The average Bonchev–Trinajstić information content (AvgIpc) is 2.57. The van der Waals surface area contributed by atoms with Crippen molar-refractivity contribution in [2.45, 2.75) is 46.1 Å². The van der Waals surface area contributed by atoms with Crippen LogP contribution in [0, 0.1) is 5.92 Å². The first-order valence-corrected chi connectivity index (χ1v) is 9.58. The molecule has 0 radical (unpaired) electrons. The van der Waals surface area contributed by atoms with Crippen LogP contribution in [0.25, 0.3) is 0 Å². The van der Waals surface area contributed by atoms with Crippen molar-refractivity contribution < 1.29 is 14.3 Å². The predicted octanol–water partition coefficient (Wildman–Crippen LogP) is 2.84. The molecule has 2 rings (SSSR count). The number of morpholine rings is 1. The molecule has 1 saturated heterocycles. The van der Waals surface area contributed by atoms with Gasteiger partial charge in [-0.2, -0.15) is 0 Å². The number of nitrogens with zero attached hydrogens (tertiary/aromatic N) is 1. The summed E-state index contributed by atoms with van der Waals surface area (Å²) in [5.74, 6) is 1.24. The molecule has 1 aliphatic rings. The van der Waals surface area contributed by atoms with Crippen LogP contribution < -0.4 is 10.1 Å². The Labute approximate surface area is 158 Å². The zero-order chi connectivity index (χ0) is 19.2. The van der Waals surface area contributed by atoms with E-state index in [9.17, 15) is 4.79 Å². The summed E-state index contributed by atoms with van der Waals surface area (Å²) in [6.45, 7) is 15.1. The average molecular weight is 363 g/mol. The van der Waals surface area contributed by atoms with Crippen LogP contribution in [0.15, 0.2) is 24.3 Å². The first kappa shape index (κ1) is 20.7. The minimum atomic E-state index is -0.116. The monoisotopic (exact) mass is 362 g/mol. The van der Waals surface area contributed by atoms with Gasteiger partial charge in [0.15, 0.2) is 6.61 Å². The quantitative estimate of drug-likeness (QED) is 0.810. The van der Waals surface area contributed by atoms with Gasteiger partial charge in [-0.3, -0.25) is 9.69 Å². The van der Waals surface area contributed by atoms with Gasteiger partial charge in [0.2, 0.25) is 0 Å². The van der Waals surface area contributed by atoms with Gasteiger partial charge in [0.25, 0.3) is 5.91 Å². The topological polar surface area (TPSA) is 50.8 Å². The van der Waals surface area contributed by atoms with Crippen molar-refractivity contribution in [3.63, 3.8) is 0 Å². The van der Waals surface area contributed by atoms with Gasteiger partial charge in [-0.15, -0.1) is 0 Å². The lowest BCUT2D eigenvalue weighted by Gasteiger charge is -2.33. The number of ether oxygens (including phenoxy) is 2. The maximum Gasteiger partial charge on any atom is 0.258 e. The Morgan fingerprint density at radius 3 is 2.62 bits per heavy atom. The molecule has 1 amide bonds. The van der Waals surface area contributed by atoms with Crippen LogP contribution >= 0.6 is 0 Å². The van der Waals surface area contributed by atoms with E-state index in [0.717, 1.165) is 26.2 Å². The van der Waals surface area contributed by atoms with Crippen LogP contribution in [0.2, 0.25) is 0 Å². The fourth-order valence-corrected chi connectivity index (χ4v) is 3.06. The molecule has 1 N–H and O–H groups in total. The fraction of sp³-hybridized carbons (Fsp3) is 0.667. The largest absolute Gasteiger partial charge is 0.484 e. The van der Waals surface area contributed by atoms with E-state index in [-0.39, 0.29) is 24.0 Å². The summed E-state index contributed by atoms with van der Waals surface area (Å²) in [4.78, 5) is 14.4. The molecule has 1 heterocycles. The number of carbonyl (C=O) groups is 1. The molecule has 0 saturated carbocycles. The molecule has 1 aliphatic heterocycles. The van der Waals surface area contributed by atoms with E-state index in [1.54, 1.807) is 0 Å². The molecule has 0 spiro atoms. The van der Waals surface area contributed by atoms with Gasteiger partial charge in [-0.1, -0.05) is 46.8 Å². The van der Waals surface area contributed by atoms with Crippen molar-refractivity contribution in [3.8, 4) is 5.75 Å². The maximum absolute atomic E-state index is 12.0. The van der Waals surface area contributed by atoms with E-state index in [4.69, 9.17) is 9.47 Å². The van der Waals surface area contributed by atoms with Gasteiger partial charge in [0.05, 0.1) is 12.7 Å². The summed E-state index contributed by atoms with van der Waals surface area (Å²) in [7, 11) is 0. The van der Waals surface area contributed by atoms with Crippen molar-refractivity contribution in [2.75, 3.05) is 39.4 Å². The van der Waals surface area contributed by atoms with E-state index in [0.29, 0.717) is 18.2 Å². The lowest BCUT2D eigenvalue weighted by Crippen LogP contribution is -2.48. The molecule has 26 heavy (non-hydrogen) atoms. The molecule has 0 aromatic heterocycles. The normalized spacial score (nSPS) is 18.8. The molecule has 1 atom stereocenters. The summed E-state index contributed by atoms with van der Waals surface area (Å²) in [6, 6.07) is 7.93. The molecule has 1 unspecified atom stereocenters. The lowest BCUT2D eigenvalue weighted by molar-refractivity contribution is -0.124. The third kappa shape index (κ3) is 6.96. The van der Waals surface area contributed by atoms with Crippen molar-refractivity contribution in [1.29, 1.82) is 0 Å². The number of carbonyl (C=O) groups excluding carboxylic acids is 1. The Bertz CT molecular complexity index is 564. The van der Waals surface area contributed by atoms with Gasteiger partial charge in [-0.05, 0) is 29.0 Å². The SMILES string of the molecule is CC(C)CN1CCOC(CNC(=O)COc2ccc(C(C)(C)C)cc2)C1. The first-order chi connectivity index (χ1) is 12.2. The predicted molar refractivity (Wildman–Crippen MR) is 105 cm³/mol. The summed E-state index contributed by atoms with van der Waals surface area (Å²) in [5.41, 5.74) is 1.36. The number of hydrogen-bond acceptors (Lipinski definition) is 4. The summed E-state index contributed by atoms with van der Waals surface area (Å²) in [6.07, 6.45) is 0.0533. The van der Waals surface area contributed by atoms with Crippen LogP contribution in [0.4, 0.5) is 0 Å². The number of amides is 1. The summed E-state index contributed by atoms with van der Waals surface area (Å²) < 4.78 is 11.3. The highest BCUT2D eigenvalue weighted by Gasteiger charge is 2.21. The molecule has 1 fully saturated rings. The van der Waals surface area contributed by atoms with Crippen LogP contribution in [0.3, 0.4) is 0 Å². The number of hydrogen-bond donors (Lipinski definition) is 1. The Balaban J connectivity index is 1.70. The smallest absolute Gasteiger partial charge is 0.258 e. The van der Waals surface area contributed by atoms with Gasteiger partial charge < -0.3 is 14.8 Å². The Morgan fingerprint density at radius 1 is 1.31 bits per heavy atom. The summed E-state index contributed by atoms with van der Waals surface area (Å²) >= 11 is 0. The fourth-order valence-electron chi connectivity index (χ4n) is 3.06. The van der Waals surface area contributed by atoms with Crippen LogP contribution in [0.1, 0.15) is 40.2 Å². The van der Waals surface area contributed by atoms with Crippen LogP contribution in [-0.4, -0.2) is 56.3 Å². The van der Waals surface area contributed by atoms with Crippen LogP contribution in [0.5, 0.6) is 5.75 Å². The highest BCUT2D eigenvalue weighted by molar-refractivity contribution is 5.77. The van der Waals surface area contributed by atoms with E-state index in [2.05, 4.69) is 44.8 Å². The van der Waals surface area contributed by atoms with Gasteiger partial charge in [0, 0.05) is 26.2 Å². The van der Waals surface area contributed by atoms with Gasteiger partial charge in [0.1, 0.15) is 5.75 Å². The standard InChI is InChI=1S/C21H34N2O3/c1-16(2)13-23-10-11-25-19(14-23)12-22-20(24)15-26-18-8-6-17(7-9-18)21(3,4)5/h6-9,16,19H,10-15H2,1-5H3,(H,22,24). The first-order valence-electron chi connectivity index (χ1n) is 9.58. The highest BCUT2D eigenvalue weighted by Crippen LogP contribution is 2.24. The minimum absolute atomic E-state index is 0.0251. The Morgan fingerprint density at radius 2 is 2.00 bits per heavy atom. The van der Waals surface area contributed by atoms with Crippen molar-refractivity contribution >= 4 is 5.91 Å². The van der Waals surface area contributed by atoms with Crippen LogP contribution in [-0.2, 0) is 14.9 Å². The molecule has 1 aromatic rings. The lowest BCUT2D eigenvalue weighted by atomic mass is 9.87. The van der Waals surface area contributed by atoms with Gasteiger partial charge in [-0.25, -0.2) is 0 Å². The molecule has 1 aromatic carbocycles. The van der Waals surface area contributed by atoms with E-state index < -0.39 is 0 Å². The van der Waals surface area contributed by atoms with E-state index in [1.165, 1.54) is 5.56 Å². The molecule has 0 aliphatic carbocycles. The Kier molecular flexibility index (Phi) is 7.47. The molecule has 5 heteroatoms. The Hall–Kier alpha value is -1.59. The number of rotatable bonds is 7. The third-order valence-corrected chi connectivity index (χ3v) is 4.46. The third-order valence-electron chi connectivity index (χ3n) is 4.46. The minimum Gasteiger partial charge on any atom is -0.484 e. The molecule has 0 bridgehead atoms. The maximum atomic E-state index is 12.0. The number of nitrogens with one attached hydrogen (secondary N) is 1. The number of benzene rings is 1. The second kappa shape index (κ2) is 9.38. The molecule has 146 valence electrons. The molecular weight excluding hydrogens is 328 g/mol. The van der Waals surface area contributed by atoms with Crippen molar-refractivity contribution in [3.05, 3.63) is 29.8 Å². The van der Waals surface area contributed by atoms with Crippen molar-refractivity contribution in [2.24, 2.45) is 5.92 Å². The zero-order valence-electron chi connectivity index (χ0n) is 16.9. The summed E-state index contributed by atoms with van der Waals surface area (Å²) in [5, 5.41) is 2.92. The van der Waals surface area contributed by atoms with Gasteiger partial charge >= 0.3 is 0 Å². The van der Waals surface area contributed by atoms with E-state index in [1.807, 2.05) is 24.3 Å². The van der Waals surface area contributed by atoms with Crippen molar-refractivity contribution in [1.82, 2.24) is 10.2 Å². The second-order valence-corrected chi connectivity index (χ2v) is 8.51. The molecule has 5 nitrogen and oxygen atoms in total.